The lowest BCUT2D eigenvalue weighted by molar-refractivity contribution is -0.110. The van der Waals surface area contributed by atoms with Crippen molar-refractivity contribution < 1.29 is 4.79 Å². The highest BCUT2D eigenvalue weighted by molar-refractivity contribution is 7.96. The van der Waals surface area contributed by atoms with Gasteiger partial charge in [0.15, 0.2) is 5.12 Å². The van der Waals surface area contributed by atoms with Gasteiger partial charge in [-0.05, 0) is 0 Å². The first-order chi connectivity index (χ1) is 4.29. The third-order valence-corrected chi connectivity index (χ3v) is 1.72. The van der Waals surface area contributed by atoms with E-state index in [9.17, 15) is 4.79 Å². The lowest BCUT2D eigenvalue weighted by Gasteiger charge is -1.84. The van der Waals surface area contributed by atoms with E-state index in [4.69, 9.17) is 0 Å². The number of carbonyl (C=O) groups excluding carboxylic acids is 1. The molecule has 9 heavy (non-hydrogen) atoms. The third-order valence-electron chi connectivity index (χ3n) is 0.786. The number of nitrogens with zero attached hydrogens (tertiary/aromatic N) is 1. The minimum atomic E-state index is -0.134. The molecule has 0 unspecified atom stereocenters. The Morgan fingerprint density at radius 1 is 1.89 bits per heavy atom. The molecule has 0 aliphatic heterocycles. The molecule has 0 N–H and O–H groups in total. The average molecular weight is 159 g/mol. The Labute approximate surface area is 62.3 Å². The van der Waals surface area contributed by atoms with Crippen LogP contribution in [0.4, 0.5) is 0 Å². The normalized spacial score (nSPS) is 9.44. The number of thiazole rings is 1. The van der Waals surface area contributed by atoms with E-state index in [-0.39, 0.29) is 5.12 Å². The van der Waals surface area contributed by atoms with Crippen LogP contribution in [0.1, 0.15) is 5.01 Å². The molecule has 0 aliphatic rings. The summed E-state index contributed by atoms with van der Waals surface area (Å²) in [6.45, 7) is 0. The summed E-state index contributed by atoms with van der Waals surface area (Å²) in [4.78, 5) is 14.2. The van der Waals surface area contributed by atoms with Crippen LogP contribution in [-0.4, -0.2) is 10.1 Å². The molecule has 1 aromatic heterocycles. The molecule has 0 saturated heterocycles. The Morgan fingerprint density at radius 2 is 2.67 bits per heavy atom. The minimum Gasteiger partial charge on any atom is -0.287 e. The van der Waals surface area contributed by atoms with Crippen molar-refractivity contribution >= 4 is 29.1 Å². The molecule has 0 saturated carbocycles. The zero-order valence-electron chi connectivity index (χ0n) is 4.57. The highest BCUT2D eigenvalue weighted by Gasteiger charge is 1.98. The summed E-state index contributed by atoms with van der Waals surface area (Å²) >= 11 is 5.08. The number of thiol groups is 1. The fraction of sp³-hybridized carbons (Fsp3) is 0.200. The molecule has 48 valence electrons. The van der Waals surface area contributed by atoms with Gasteiger partial charge in [-0.15, -0.1) is 24.0 Å². The maximum absolute atomic E-state index is 10.3. The summed E-state index contributed by atoms with van der Waals surface area (Å²) in [7, 11) is 0. The molecule has 0 fully saturated rings. The quantitative estimate of drug-likeness (QED) is 0.656. The summed E-state index contributed by atoms with van der Waals surface area (Å²) in [5.74, 6) is 0. The standard InChI is InChI=1S/C5H5NOS2/c7-5(8)3-4-6-1-2-9-4/h1-2H,3H2,(H,7,8). The number of aromatic nitrogens is 1. The monoisotopic (exact) mass is 159 g/mol. The first kappa shape index (κ1) is 6.77. The molecule has 0 spiro atoms. The van der Waals surface area contributed by atoms with Gasteiger partial charge < -0.3 is 0 Å². The van der Waals surface area contributed by atoms with E-state index in [1.54, 1.807) is 6.20 Å². The fourth-order valence-electron chi connectivity index (χ4n) is 0.470. The average Bonchev–Trinajstić information content (AvgIpc) is 2.15. The maximum Gasteiger partial charge on any atom is 0.192 e. The second-order valence-electron chi connectivity index (χ2n) is 1.50. The predicted molar refractivity (Wildman–Crippen MR) is 39.8 cm³/mol. The van der Waals surface area contributed by atoms with Crippen molar-refractivity contribution in [1.82, 2.24) is 4.98 Å². The van der Waals surface area contributed by atoms with Crippen molar-refractivity contribution in [2.45, 2.75) is 6.42 Å². The maximum atomic E-state index is 10.3. The molecule has 0 bridgehead atoms. The Balaban J connectivity index is 2.58. The van der Waals surface area contributed by atoms with Crippen LogP contribution < -0.4 is 0 Å². The van der Waals surface area contributed by atoms with Crippen molar-refractivity contribution in [3.05, 3.63) is 16.6 Å². The van der Waals surface area contributed by atoms with Crippen molar-refractivity contribution in [1.29, 1.82) is 0 Å². The molecule has 0 radical (unpaired) electrons. The van der Waals surface area contributed by atoms with Crippen LogP contribution in [0.2, 0.25) is 0 Å². The summed E-state index contributed by atoms with van der Waals surface area (Å²) < 4.78 is 0. The van der Waals surface area contributed by atoms with Crippen LogP contribution in [0.25, 0.3) is 0 Å². The van der Waals surface area contributed by atoms with Gasteiger partial charge in [-0.3, -0.25) is 4.79 Å². The van der Waals surface area contributed by atoms with Gasteiger partial charge in [-0.1, -0.05) is 0 Å². The Hall–Kier alpha value is -0.350. The summed E-state index contributed by atoms with van der Waals surface area (Å²) in [6.07, 6.45) is 2.03. The van der Waals surface area contributed by atoms with E-state index in [1.165, 1.54) is 11.3 Å². The highest BCUT2D eigenvalue weighted by atomic mass is 32.1. The Bertz CT molecular complexity index is 195. The Morgan fingerprint density at radius 3 is 3.11 bits per heavy atom. The molecule has 0 aromatic carbocycles. The third kappa shape index (κ3) is 2.15. The second-order valence-corrected chi connectivity index (χ2v) is 2.97. The van der Waals surface area contributed by atoms with Crippen LogP contribution in [0.5, 0.6) is 0 Å². The van der Waals surface area contributed by atoms with Crippen LogP contribution in [0, 0.1) is 0 Å². The van der Waals surface area contributed by atoms with E-state index in [0.29, 0.717) is 6.42 Å². The molecular formula is C5H5NOS2. The zero-order valence-corrected chi connectivity index (χ0v) is 6.28. The van der Waals surface area contributed by atoms with Gasteiger partial charge in [0.1, 0.15) is 5.01 Å². The fourth-order valence-corrected chi connectivity index (χ4v) is 1.34. The lowest BCUT2D eigenvalue weighted by Crippen LogP contribution is -1.90. The molecule has 1 aromatic rings. The van der Waals surface area contributed by atoms with Gasteiger partial charge in [-0.2, -0.15) is 0 Å². The molecule has 0 amide bonds. The van der Waals surface area contributed by atoms with Crippen molar-refractivity contribution in [3.8, 4) is 0 Å². The van der Waals surface area contributed by atoms with Crippen molar-refractivity contribution in [2.24, 2.45) is 0 Å². The van der Waals surface area contributed by atoms with Gasteiger partial charge in [0.2, 0.25) is 0 Å². The number of carbonyl (C=O) groups is 1. The van der Waals surface area contributed by atoms with Crippen LogP contribution >= 0.6 is 24.0 Å². The molecule has 1 rings (SSSR count). The molecule has 2 nitrogen and oxygen atoms in total. The van der Waals surface area contributed by atoms with E-state index in [1.807, 2.05) is 5.38 Å². The molecule has 0 atom stereocenters. The number of rotatable bonds is 2. The van der Waals surface area contributed by atoms with Crippen molar-refractivity contribution in [2.75, 3.05) is 0 Å². The van der Waals surface area contributed by atoms with Crippen molar-refractivity contribution in [3.63, 3.8) is 0 Å². The first-order valence-corrected chi connectivity index (χ1v) is 3.72. The number of hydrogen-bond donors (Lipinski definition) is 1. The van der Waals surface area contributed by atoms with Gasteiger partial charge in [-0.25, -0.2) is 4.98 Å². The largest absolute Gasteiger partial charge is 0.287 e. The molecule has 1 heterocycles. The van der Waals surface area contributed by atoms with Gasteiger partial charge in [0.05, 0.1) is 6.42 Å². The SMILES string of the molecule is O=C(S)Cc1nccs1. The van der Waals surface area contributed by atoms with Crippen LogP contribution in [0.15, 0.2) is 11.6 Å². The first-order valence-electron chi connectivity index (χ1n) is 2.39. The van der Waals surface area contributed by atoms with E-state index in [0.717, 1.165) is 5.01 Å². The topological polar surface area (TPSA) is 30.0 Å². The summed E-state index contributed by atoms with van der Waals surface area (Å²) in [5.41, 5.74) is 0. The smallest absolute Gasteiger partial charge is 0.192 e. The van der Waals surface area contributed by atoms with Gasteiger partial charge >= 0.3 is 0 Å². The van der Waals surface area contributed by atoms with Gasteiger partial charge in [0.25, 0.3) is 0 Å². The zero-order chi connectivity index (χ0) is 6.69. The lowest BCUT2D eigenvalue weighted by atomic mass is 10.5. The summed E-state index contributed by atoms with van der Waals surface area (Å²) in [5, 5.41) is 2.53. The number of hydrogen-bond acceptors (Lipinski definition) is 3. The predicted octanol–water partition coefficient (Wildman–Crippen LogP) is 1.14. The molecule has 0 aliphatic carbocycles. The van der Waals surface area contributed by atoms with Crippen LogP contribution in [0.3, 0.4) is 0 Å². The van der Waals surface area contributed by atoms with E-state index in [2.05, 4.69) is 17.6 Å². The second kappa shape index (κ2) is 2.98. The van der Waals surface area contributed by atoms with Crippen LogP contribution in [-0.2, 0) is 11.2 Å². The van der Waals surface area contributed by atoms with E-state index >= 15 is 0 Å². The Kier molecular flexibility index (Phi) is 2.24. The molecule has 4 heteroatoms. The minimum absolute atomic E-state index is 0.134. The molecular weight excluding hydrogens is 154 g/mol. The van der Waals surface area contributed by atoms with E-state index < -0.39 is 0 Å². The highest BCUT2D eigenvalue weighted by Crippen LogP contribution is 2.05. The summed E-state index contributed by atoms with van der Waals surface area (Å²) in [6, 6.07) is 0. The van der Waals surface area contributed by atoms with Gasteiger partial charge in [0, 0.05) is 11.6 Å².